The van der Waals surface area contributed by atoms with Gasteiger partial charge in [0.05, 0.1) is 13.2 Å². The molecule has 2 rings (SSSR count). The number of thioether (sulfide) groups is 1. The van der Waals surface area contributed by atoms with Gasteiger partial charge in [-0.3, -0.25) is 14.6 Å². The van der Waals surface area contributed by atoms with E-state index in [-0.39, 0.29) is 30.5 Å². The molecule has 0 aromatic carbocycles. The van der Waals surface area contributed by atoms with Crippen LogP contribution in [0.4, 0.5) is 5.95 Å². The number of rotatable bonds is 11. The zero-order valence-electron chi connectivity index (χ0n) is 14.7. The van der Waals surface area contributed by atoms with E-state index < -0.39 is 5.56 Å². The first-order chi connectivity index (χ1) is 12.6. The van der Waals surface area contributed by atoms with Crippen LogP contribution in [-0.4, -0.2) is 63.2 Å². The molecule has 2 aromatic rings. The summed E-state index contributed by atoms with van der Waals surface area (Å²) in [5.74, 6) is 0.747. The van der Waals surface area contributed by atoms with E-state index in [1.54, 1.807) is 11.7 Å². The number of nitrogens with two attached hydrogens (primary N) is 1. The molecule has 0 bridgehead atoms. The van der Waals surface area contributed by atoms with Crippen molar-refractivity contribution in [2.45, 2.75) is 31.0 Å². The molecular formula is C15H24N6O4S. The SMILES string of the molecule is COCCNC(=O)CCCCSc1nc2c(=O)[nH]c(N)nc2n1CCO. The van der Waals surface area contributed by atoms with Gasteiger partial charge < -0.3 is 25.5 Å². The number of nitrogens with one attached hydrogen (secondary N) is 2. The number of ether oxygens (including phenoxy) is 1. The summed E-state index contributed by atoms with van der Waals surface area (Å²) in [5, 5.41) is 12.6. The number of imidazole rings is 1. The Morgan fingerprint density at radius 1 is 1.42 bits per heavy atom. The number of H-pyrrole nitrogens is 1. The monoisotopic (exact) mass is 384 g/mol. The molecule has 0 aliphatic carbocycles. The largest absolute Gasteiger partial charge is 0.395 e. The number of nitrogen functional groups attached to an aromatic ring is 1. The standard InChI is InChI=1S/C15H24N6O4S/c1-25-8-5-17-10(23)4-2-3-9-26-15-18-11-12(21(15)6-7-22)19-14(16)20-13(11)24/h22H,2-9H2,1H3,(H,17,23)(H3,16,19,20,24). The van der Waals surface area contributed by atoms with Crippen LogP contribution in [0, 0.1) is 0 Å². The number of aliphatic hydroxyl groups is 1. The van der Waals surface area contributed by atoms with Gasteiger partial charge in [-0.25, -0.2) is 4.98 Å². The molecule has 0 radical (unpaired) electrons. The van der Waals surface area contributed by atoms with E-state index in [2.05, 4.69) is 20.3 Å². The van der Waals surface area contributed by atoms with E-state index in [0.29, 0.717) is 30.4 Å². The lowest BCUT2D eigenvalue weighted by Crippen LogP contribution is -2.26. The molecule has 10 nitrogen and oxygen atoms in total. The number of methoxy groups -OCH3 is 1. The van der Waals surface area contributed by atoms with Gasteiger partial charge in [0.15, 0.2) is 16.3 Å². The summed E-state index contributed by atoms with van der Waals surface area (Å²) in [6.45, 7) is 1.19. The third kappa shape index (κ3) is 5.44. The number of anilines is 1. The normalized spacial score (nSPS) is 11.2. The minimum Gasteiger partial charge on any atom is -0.395 e. The first-order valence-electron chi connectivity index (χ1n) is 8.32. The van der Waals surface area contributed by atoms with Gasteiger partial charge in [-0.15, -0.1) is 0 Å². The van der Waals surface area contributed by atoms with E-state index in [1.165, 1.54) is 11.8 Å². The van der Waals surface area contributed by atoms with Crippen LogP contribution in [0.3, 0.4) is 0 Å². The number of aromatic amines is 1. The molecule has 1 amide bonds. The number of amides is 1. The third-order valence-corrected chi connectivity index (χ3v) is 4.63. The molecule has 0 fully saturated rings. The summed E-state index contributed by atoms with van der Waals surface area (Å²) in [6, 6.07) is 0. The van der Waals surface area contributed by atoms with Crippen molar-refractivity contribution in [3.8, 4) is 0 Å². The Morgan fingerprint density at radius 3 is 2.96 bits per heavy atom. The molecule has 0 saturated heterocycles. The van der Waals surface area contributed by atoms with Crippen LogP contribution < -0.4 is 16.6 Å². The fourth-order valence-corrected chi connectivity index (χ4v) is 3.37. The number of nitrogens with zero attached hydrogens (tertiary/aromatic N) is 3. The summed E-state index contributed by atoms with van der Waals surface area (Å²) < 4.78 is 6.56. The molecule has 0 spiro atoms. The van der Waals surface area contributed by atoms with Crippen molar-refractivity contribution in [2.24, 2.45) is 0 Å². The summed E-state index contributed by atoms with van der Waals surface area (Å²) in [6.07, 6.45) is 2.02. The number of fused-ring (bicyclic) bond motifs is 1. The average Bonchev–Trinajstić information content (AvgIpc) is 2.93. The Balaban J connectivity index is 1.90. The van der Waals surface area contributed by atoms with Gasteiger partial charge in [-0.2, -0.15) is 4.98 Å². The maximum absolute atomic E-state index is 12.0. The topological polar surface area (TPSA) is 148 Å². The van der Waals surface area contributed by atoms with Gasteiger partial charge in [0.1, 0.15) is 0 Å². The van der Waals surface area contributed by atoms with Gasteiger partial charge in [-0.05, 0) is 12.8 Å². The Bertz CT molecular complexity index is 790. The fraction of sp³-hybridized carbons (Fsp3) is 0.600. The zero-order valence-corrected chi connectivity index (χ0v) is 15.5. The number of carbonyl (C=O) groups is 1. The first kappa shape index (κ1) is 20.2. The van der Waals surface area contributed by atoms with E-state index in [4.69, 9.17) is 10.5 Å². The maximum atomic E-state index is 12.0. The zero-order chi connectivity index (χ0) is 18.9. The van der Waals surface area contributed by atoms with Crippen molar-refractivity contribution < 1.29 is 14.6 Å². The van der Waals surface area contributed by atoms with Gasteiger partial charge >= 0.3 is 0 Å². The highest BCUT2D eigenvalue weighted by Gasteiger charge is 2.15. The van der Waals surface area contributed by atoms with Crippen LogP contribution in [0.5, 0.6) is 0 Å². The highest BCUT2D eigenvalue weighted by molar-refractivity contribution is 7.99. The van der Waals surface area contributed by atoms with Crippen molar-refractivity contribution in [1.82, 2.24) is 24.8 Å². The van der Waals surface area contributed by atoms with Crippen molar-refractivity contribution in [2.75, 3.05) is 38.4 Å². The summed E-state index contributed by atoms with van der Waals surface area (Å²) in [4.78, 5) is 34.4. The summed E-state index contributed by atoms with van der Waals surface area (Å²) >= 11 is 1.46. The lowest BCUT2D eigenvalue weighted by Gasteiger charge is -2.07. The molecule has 5 N–H and O–H groups in total. The number of hydrogen-bond donors (Lipinski definition) is 4. The molecule has 0 saturated carbocycles. The van der Waals surface area contributed by atoms with Crippen LogP contribution in [0.2, 0.25) is 0 Å². The molecule has 0 aliphatic rings. The molecule has 2 aromatic heterocycles. The molecule has 2 heterocycles. The second kappa shape index (κ2) is 10.1. The second-order valence-electron chi connectivity index (χ2n) is 5.54. The van der Waals surface area contributed by atoms with E-state index >= 15 is 0 Å². The average molecular weight is 384 g/mol. The Labute approximate surface area is 154 Å². The molecular weight excluding hydrogens is 360 g/mol. The van der Waals surface area contributed by atoms with Crippen molar-refractivity contribution in [1.29, 1.82) is 0 Å². The number of aromatic nitrogens is 4. The van der Waals surface area contributed by atoms with Crippen LogP contribution in [0.25, 0.3) is 11.2 Å². The lowest BCUT2D eigenvalue weighted by atomic mass is 10.2. The molecule has 144 valence electrons. The summed E-state index contributed by atoms with van der Waals surface area (Å²) in [7, 11) is 1.59. The van der Waals surface area contributed by atoms with E-state index in [9.17, 15) is 14.7 Å². The molecule has 0 aliphatic heterocycles. The highest BCUT2D eigenvalue weighted by Crippen LogP contribution is 2.22. The number of hydrogen-bond acceptors (Lipinski definition) is 8. The van der Waals surface area contributed by atoms with Crippen molar-refractivity contribution >= 4 is 34.8 Å². The predicted octanol–water partition coefficient (Wildman–Crippen LogP) is -0.281. The molecule has 11 heteroatoms. The van der Waals surface area contributed by atoms with Crippen LogP contribution in [0.1, 0.15) is 19.3 Å². The van der Waals surface area contributed by atoms with E-state index in [1.807, 2.05) is 0 Å². The minimum absolute atomic E-state index is 0.00535. The smallest absolute Gasteiger partial charge is 0.280 e. The third-order valence-electron chi connectivity index (χ3n) is 3.57. The highest BCUT2D eigenvalue weighted by atomic mass is 32.2. The van der Waals surface area contributed by atoms with Crippen LogP contribution in [0.15, 0.2) is 9.95 Å². The molecule has 0 unspecified atom stereocenters. The van der Waals surface area contributed by atoms with E-state index in [0.717, 1.165) is 18.6 Å². The quantitative estimate of drug-likeness (QED) is 0.305. The van der Waals surface area contributed by atoms with Gasteiger partial charge in [0.2, 0.25) is 11.9 Å². The predicted molar refractivity (Wildman–Crippen MR) is 99.1 cm³/mol. The minimum atomic E-state index is -0.404. The summed E-state index contributed by atoms with van der Waals surface area (Å²) in [5.41, 5.74) is 5.75. The number of aliphatic hydroxyl groups excluding tert-OH is 1. The van der Waals surface area contributed by atoms with Crippen molar-refractivity contribution in [3.05, 3.63) is 10.4 Å². The lowest BCUT2D eigenvalue weighted by molar-refractivity contribution is -0.121. The van der Waals surface area contributed by atoms with Gasteiger partial charge in [-0.1, -0.05) is 11.8 Å². The molecule has 26 heavy (non-hydrogen) atoms. The van der Waals surface area contributed by atoms with Crippen molar-refractivity contribution in [3.63, 3.8) is 0 Å². The Hall–Kier alpha value is -2.11. The second-order valence-corrected chi connectivity index (χ2v) is 6.60. The maximum Gasteiger partial charge on any atom is 0.280 e. The van der Waals surface area contributed by atoms with Crippen LogP contribution >= 0.6 is 11.8 Å². The van der Waals surface area contributed by atoms with Gasteiger partial charge in [0.25, 0.3) is 5.56 Å². The fourth-order valence-electron chi connectivity index (χ4n) is 2.35. The van der Waals surface area contributed by atoms with Gasteiger partial charge in [0, 0.05) is 32.4 Å². The number of unbranched alkanes of at least 4 members (excludes halogenated alkanes) is 1. The van der Waals surface area contributed by atoms with Crippen LogP contribution in [-0.2, 0) is 16.1 Å². The number of carbonyl (C=O) groups excluding carboxylic acids is 1. The Kier molecular flexibility index (Phi) is 7.88. The Morgan fingerprint density at radius 2 is 2.23 bits per heavy atom. The molecule has 0 atom stereocenters. The first-order valence-corrected chi connectivity index (χ1v) is 9.30.